The van der Waals surface area contributed by atoms with Crippen molar-refractivity contribution in [2.75, 3.05) is 29.7 Å². The second-order valence-electron chi connectivity index (χ2n) is 14.6. The molecule has 0 bridgehead atoms. The average molecular weight is 703 g/mol. The number of allylic oxidation sites excluding steroid dienone is 6. The highest BCUT2D eigenvalue weighted by atomic mass is 35.5. The summed E-state index contributed by atoms with van der Waals surface area (Å²) in [5.41, 5.74) is 2.90. The summed E-state index contributed by atoms with van der Waals surface area (Å²) in [6, 6.07) is 8.38. The number of carbonyl (C=O) groups is 3. The molecule has 254 valence electrons. The highest BCUT2D eigenvalue weighted by Crippen LogP contribution is 2.72. The lowest BCUT2D eigenvalue weighted by Crippen LogP contribution is -2.56. The van der Waals surface area contributed by atoms with Gasteiger partial charge in [0, 0.05) is 65.7 Å². The molecule has 7 atom stereocenters. The van der Waals surface area contributed by atoms with Crippen LogP contribution in [-0.4, -0.2) is 48.2 Å². The lowest BCUT2D eigenvalue weighted by atomic mass is 9.50. The molecule has 0 aliphatic heterocycles. The number of carbonyl (C=O) groups excluding carboxylic acids is 3. The van der Waals surface area contributed by atoms with Gasteiger partial charge in [0.2, 0.25) is 0 Å². The lowest BCUT2D eigenvalue weighted by Gasteiger charge is -2.55. The highest BCUT2D eigenvalue weighted by Gasteiger charge is 2.69. The topological polar surface area (TPSA) is 72.9 Å². The fraction of sp³-hybridized carbons (Fsp3) is 0.605. The van der Waals surface area contributed by atoms with Crippen molar-refractivity contribution in [1.29, 1.82) is 0 Å². The van der Waals surface area contributed by atoms with Gasteiger partial charge in [0.05, 0.1) is 0 Å². The minimum Gasteiger partial charge on any atom is -0.451 e. The summed E-state index contributed by atoms with van der Waals surface area (Å²) < 4.78 is 11.9. The molecule has 0 unspecified atom stereocenters. The number of benzene rings is 1. The first-order valence-electron chi connectivity index (χ1n) is 17.1. The summed E-state index contributed by atoms with van der Waals surface area (Å²) in [7, 11) is 0. The van der Waals surface area contributed by atoms with Crippen molar-refractivity contribution in [3.8, 4) is 0 Å². The highest BCUT2D eigenvalue weighted by molar-refractivity contribution is 6.32. The molecule has 0 aromatic heterocycles. The number of rotatable bonds is 12. The standard InChI is InChI=1S/C38H46Cl3NO5/c1-23(43)38(47-24(2)44)15-13-29-27-21-33(41)32-22-34(28-20-31(28)37(32,4)30(27)12-14-36(29,38)3)46-35(45)7-5-6-25-8-10-26(11-9-25)42(18-16-39)19-17-40/h8-11,21-22,28-31H,5-7,12-20H2,1-4H3/t28-,29+,30+,31+,36+,37+,38+/m1/s1. The van der Waals surface area contributed by atoms with Gasteiger partial charge in [-0.3, -0.25) is 14.4 Å². The Morgan fingerprint density at radius 1 is 0.957 bits per heavy atom. The number of anilines is 1. The summed E-state index contributed by atoms with van der Waals surface area (Å²) in [5, 5.41) is 0.689. The van der Waals surface area contributed by atoms with E-state index in [-0.39, 0.29) is 34.9 Å². The van der Waals surface area contributed by atoms with E-state index in [4.69, 9.17) is 44.3 Å². The van der Waals surface area contributed by atoms with E-state index in [2.05, 4.69) is 55.2 Å². The molecule has 0 heterocycles. The van der Waals surface area contributed by atoms with Crippen LogP contribution in [0, 0.1) is 34.5 Å². The molecular weight excluding hydrogens is 657 g/mol. The Morgan fingerprint density at radius 2 is 1.64 bits per heavy atom. The normalized spacial score (nSPS) is 33.4. The predicted molar refractivity (Wildman–Crippen MR) is 187 cm³/mol. The molecule has 1 aromatic carbocycles. The first-order valence-corrected chi connectivity index (χ1v) is 18.5. The Balaban J connectivity index is 1.14. The SMILES string of the molecule is CC(=O)O[C@]1(C(C)=O)CC[C@H]2C3=CC(Cl)=C4C=C(OC(=O)CCCc5ccc(N(CCCl)CCCl)cc5)[C@@H]5C[C@@H]5[C@]4(C)[C@H]3CC[C@@]21C. The first-order chi connectivity index (χ1) is 22.4. The van der Waals surface area contributed by atoms with Gasteiger partial charge in [0.25, 0.3) is 0 Å². The molecule has 6 nitrogen and oxygen atoms in total. The van der Waals surface area contributed by atoms with E-state index >= 15 is 0 Å². The Labute approximate surface area is 293 Å². The first kappa shape index (κ1) is 34.6. The summed E-state index contributed by atoms with van der Waals surface area (Å²) in [4.78, 5) is 40.5. The second-order valence-corrected chi connectivity index (χ2v) is 15.8. The zero-order valence-electron chi connectivity index (χ0n) is 27.9. The lowest BCUT2D eigenvalue weighted by molar-refractivity contribution is -0.181. The molecule has 6 rings (SSSR count). The van der Waals surface area contributed by atoms with E-state index in [0.717, 1.165) is 62.2 Å². The third-order valence-electron chi connectivity index (χ3n) is 12.3. The Bertz CT molecular complexity index is 1530. The summed E-state index contributed by atoms with van der Waals surface area (Å²) in [5.74, 6) is 2.11. The van der Waals surface area contributed by atoms with Gasteiger partial charge in [-0.25, -0.2) is 0 Å². The van der Waals surface area contributed by atoms with Crippen LogP contribution in [0.3, 0.4) is 0 Å². The van der Waals surface area contributed by atoms with Crippen LogP contribution in [0.25, 0.3) is 0 Å². The van der Waals surface area contributed by atoms with Crippen LogP contribution in [-0.2, 0) is 30.3 Å². The minimum atomic E-state index is -1.10. The van der Waals surface area contributed by atoms with E-state index < -0.39 is 17.0 Å². The number of alkyl halides is 2. The minimum absolute atomic E-state index is 0.0686. The third-order valence-corrected chi connectivity index (χ3v) is 12.9. The summed E-state index contributed by atoms with van der Waals surface area (Å²) in [6.07, 6.45) is 10.0. The number of ketones is 1. The molecule has 5 aliphatic rings. The van der Waals surface area contributed by atoms with Gasteiger partial charge < -0.3 is 14.4 Å². The molecule has 3 saturated carbocycles. The largest absolute Gasteiger partial charge is 0.451 e. The van der Waals surface area contributed by atoms with E-state index in [9.17, 15) is 14.4 Å². The van der Waals surface area contributed by atoms with Gasteiger partial charge in [-0.05, 0) is 105 Å². The summed E-state index contributed by atoms with van der Waals surface area (Å²) in [6.45, 7) is 8.92. The zero-order valence-corrected chi connectivity index (χ0v) is 30.1. The van der Waals surface area contributed by atoms with E-state index in [1.807, 2.05) is 0 Å². The van der Waals surface area contributed by atoms with Crippen molar-refractivity contribution in [3.05, 3.63) is 63.9 Å². The van der Waals surface area contributed by atoms with Crippen LogP contribution in [0.4, 0.5) is 5.69 Å². The van der Waals surface area contributed by atoms with Crippen molar-refractivity contribution in [2.24, 2.45) is 34.5 Å². The van der Waals surface area contributed by atoms with Crippen molar-refractivity contribution in [1.82, 2.24) is 0 Å². The average Bonchev–Trinajstić information content (AvgIpc) is 3.78. The quantitative estimate of drug-likeness (QED) is 0.161. The Morgan fingerprint density at radius 3 is 2.28 bits per heavy atom. The molecule has 1 aromatic rings. The monoisotopic (exact) mass is 701 g/mol. The molecule has 9 heteroatoms. The van der Waals surface area contributed by atoms with Crippen molar-refractivity contribution in [2.45, 2.75) is 84.7 Å². The van der Waals surface area contributed by atoms with Crippen molar-refractivity contribution in [3.63, 3.8) is 0 Å². The fourth-order valence-corrected chi connectivity index (χ4v) is 10.6. The number of esters is 2. The maximum absolute atomic E-state index is 13.1. The Hall–Kier alpha value is -2.28. The Kier molecular flexibility index (Phi) is 9.72. The molecule has 5 aliphatic carbocycles. The molecule has 0 N–H and O–H groups in total. The van der Waals surface area contributed by atoms with Crippen molar-refractivity contribution >= 4 is 58.2 Å². The summed E-state index contributed by atoms with van der Waals surface area (Å²) >= 11 is 19.0. The van der Waals surface area contributed by atoms with Crippen LogP contribution < -0.4 is 4.90 Å². The molecule has 0 spiro atoms. The van der Waals surface area contributed by atoms with Gasteiger partial charge in [0.1, 0.15) is 5.76 Å². The number of fused-ring (bicyclic) bond motifs is 7. The van der Waals surface area contributed by atoms with Crippen molar-refractivity contribution < 1.29 is 23.9 Å². The van der Waals surface area contributed by atoms with Crippen LogP contribution in [0.2, 0.25) is 0 Å². The van der Waals surface area contributed by atoms with Gasteiger partial charge in [-0.15, -0.1) is 23.2 Å². The van der Waals surface area contributed by atoms with Crippen LogP contribution in [0.15, 0.2) is 58.4 Å². The zero-order chi connectivity index (χ0) is 33.7. The van der Waals surface area contributed by atoms with Crippen LogP contribution >= 0.6 is 34.8 Å². The number of nitrogens with zero attached hydrogens (tertiary/aromatic N) is 1. The molecule has 0 saturated heterocycles. The third kappa shape index (κ3) is 5.88. The maximum atomic E-state index is 13.1. The molecular formula is C38H46Cl3NO5. The number of hydrogen-bond donors (Lipinski definition) is 0. The fourth-order valence-electron chi connectivity index (χ4n) is 9.85. The van der Waals surface area contributed by atoms with Crippen LogP contribution in [0.5, 0.6) is 0 Å². The number of aryl methyl sites for hydroxylation is 1. The molecule has 47 heavy (non-hydrogen) atoms. The second kappa shape index (κ2) is 13.2. The number of hydrogen-bond acceptors (Lipinski definition) is 6. The van der Waals surface area contributed by atoms with Gasteiger partial charge in [-0.2, -0.15) is 0 Å². The number of ether oxygens (including phenoxy) is 2. The molecule has 0 amide bonds. The smallest absolute Gasteiger partial charge is 0.310 e. The van der Waals surface area contributed by atoms with Gasteiger partial charge in [-0.1, -0.05) is 43.2 Å². The number of halogens is 3. The predicted octanol–water partition coefficient (Wildman–Crippen LogP) is 8.53. The number of Topliss-reactive ketones (excluding diaryl/α,β-unsaturated/α-hetero) is 1. The van der Waals surface area contributed by atoms with E-state index in [0.29, 0.717) is 42.0 Å². The maximum Gasteiger partial charge on any atom is 0.310 e. The van der Waals surface area contributed by atoms with Gasteiger partial charge >= 0.3 is 11.9 Å². The van der Waals surface area contributed by atoms with Gasteiger partial charge in [0.15, 0.2) is 11.4 Å². The molecule has 3 fully saturated rings. The molecule has 0 radical (unpaired) electrons. The van der Waals surface area contributed by atoms with E-state index in [1.165, 1.54) is 18.1 Å². The van der Waals surface area contributed by atoms with Crippen LogP contribution in [0.1, 0.15) is 78.2 Å². The van der Waals surface area contributed by atoms with E-state index in [1.54, 1.807) is 6.92 Å².